The lowest BCUT2D eigenvalue weighted by atomic mass is 10.0. The lowest BCUT2D eigenvalue weighted by Gasteiger charge is -2.18. The van der Waals surface area contributed by atoms with Crippen molar-refractivity contribution in [3.8, 4) is 0 Å². The molecule has 0 spiro atoms. The van der Waals surface area contributed by atoms with E-state index < -0.39 is 6.10 Å². The predicted octanol–water partition coefficient (Wildman–Crippen LogP) is 22.9. The number of esters is 3. The van der Waals surface area contributed by atoms with Crippen LogP contribution in [0.4, 0.5) is 0 Å². The molecule has 0 saturated carbocycles. The topological polar surface area (TPSA) is 78.9 Å². The predicted molar refractivity (Wildman–Crippen MR) is 335 cm³/mol. The van der Waals surface area contributed by atoms with Crippen molar-refractivity contribution in [2.75, 3.05) is 13.2 Å². The highest BCUT2D eigenvalue weighted by Gasteiger charge is 2.19. The summed E-state index contributed by atoms with van der Waals surface area (Å²) in [7, 11) is 0. The van der Waals surface area contributed by atoms with Gasteiger partial charge in [0.2, 0.25) is 0 Å². The molecule has 6 heteroatoms. The van der Waals surface area contributed by atoms with Crippen molar-refractivity contribution in [1.82, 2.24) is 0 Å². The normalized spacial score (nSPS) is 12.5. The third-order valence-corrected chi connectivity index (χ3v) is 14.7. The molecule has 6 nitrogen and oxygen atoms in total. The van der Waals surface area contributed by atoms with Crippen molar-refractivity contribution >= 4 is 17.9 Å². The first-order valence-corrected chi connectivity index (χ1v) is 33.4. The smallest absolute Gasteiger partial charge is 0.306 e. The molecule has 0 radical (unpaired) electrons. The SMILES string of the molecule is CC/C=C\C/C=C\C/C=C\C/C=C\CCCCCCCCC(=O)OC(COC(=O)CCCCCCCCCCCCCCC/C=C\C/C=C\CCCCCCC)COC(=O)CCCCCCCCCCCCCCCCC. The van der Waals surface area contributed by atoms with Crippen LogP contribution in [0.25, 0.3) is 0 Å². The molecule has 0 aromatic rings. The van der Waals surface area contributed by atoms with E-state index in [0.717, 1.165) is 103 Å². The number of unbranched alkanes of at least 4 members (excludes halogenated alkanes) is 38. The van der Waals surface area contributed by atoms with Crippen LogP contribution in [0.15, 0.2) is 72.9 Å². The molecule has 77 heavy (non-hydrogen) atoms. The summed E-state index contributed by atoms with van der Waals surface area (Å²) in [6.07, 6.45) is 84.8. The molecule has 0 amide bonds. The summed E-state index contributed by atoms with van der Waals surface area (Å²) in [6.45, 7) is 6.55. The minimum atomic E-state index is -0.783. The van der Waals surface area contributed by atoms with Gasteiger partial charge in [0.05, 0.1) is 0 Å². The van der Waals surface area contributed by atoms with Gasteiger partial charge in [-0.05, 0) is 89.9 Å². The van der Waals surface area contributed by atoms with Gasteiger partial charge in [0, 0.05) is 19.3 Å². The summed E-state index contributed by atoms with van der Waals surface area (Å²) in [5.74, 6) is -0.874. The van der Waals surface area contributed by atoms with E-state index in [1.54, 1.807) is 0 Å². The Hall–Kier alpha value is -3.15. The van der Waals surface area contributed by atoms with Gasteiger partial charge in [0.1, 0.15) is 13.2 Å². The average Bonchev–Trinajstić information content (AvgIpc) is 3.43. The summed E-state index contributed by atoms with van der Waals surface area (Å²) < 4.78 is 17.0. The Balaban J connectivity index is 4.32. The highest BCUT2D eigenvalue weighted by molar-refractivity contribution is 5.71. The van der Waals surface area contributed by atoms with Gasteiger partial charge in [0.25, 0.3) is 0 Å². The van der Waals surface area contributed by atoms with Crippen molar-refractivity contribution in [1.29, 1.82) is 0 Å². The van der Waals surface area contributed by atoms with Crippen LogP contribution in [0, 0.1) is 0 Å². The molecule has 0 aliphatic carbocycles. The molecule has 0 fully saturated rings. The Bertz CT molecular complexity index is 1420. The Kier molecular flexibility index (Phi) is 62.7. The Morgan fingerprint density at radius 3 is 0.792 bits per heavy atom. The monoisotopic (exact) mass is 1070 g/mol. The zero-order valence-corrected chi connectivity index (χ0v) is 51.2. The van der Waals surface area contributed by atoms with E-state index in [0.29, 0.717) is 19.3 Å². The molecule has 0 aromatic heterocycles. The first-order valence-electron chi connectivity index (χ1n) is 33.4. The second-order valence-electron chi connectivity index (χ2n) is 22.4. The third kappa shape index (κ3) is 63.6. The number of carbonyl (C=O) groups is 3. The van der Waals surface area contributed by atoms with Gasteiger partial charge < -0.3 is 14.2 Å². The number of ether oxygens (including phenoxy) is 3. The van der Waals surface area contributed by atoms with Gasteiger partial charge in [-0.1, -0.05) is 306 Å². The van der Waals surface area contributed by atoms with Gasteiger partial charge in [-0.3, -0.25) is 14.4 Å². The molecule has 1 unspecified atom stereocenters. The van der Waals surface area contributed by atoms with Crippen LogP contribution in [-0.4, -0.2) is 37.2 Å². The number of allylic oxidation sites excluding steroid dienone is 12. The molecule has 0 aliphatic heterocycles. The second kappa shape index (κ2) is 65.4. The van der Waals surface area contributed by atoms with Gasteiger partial charge in [-0.15, -0.1) is 0 Å². The van der Waals surface area contributed by atoms with Crippen LogP contribution in [0.3, 0.4) is 0 Å². The summed E-state index contributed by atoms with van der Waals surface area (Å²) in [6, 6.07) is 0. The fourth-order valence-electron chi connectivity index (χ4n) is 9.70. The van der Waals surface area contributed by atoms with Crippen LogP contribution in [-0.2, 0) is 28.6 Å². The van der Waals surface area contributed by atoms with E-state index in [1.807, 2.05) is 0 Å². The number of hydrogen-bond donors (Lipinski definition) is 0. The van der Waals surface area contributed by atoms with Crippen LogP contribution >= 0.6 is 0 Å². The van der Waals surface area contributed by atoms with Gasteiger partial charge >= 0.3 is 17.9 Å². The molecule has 446 valence electrons. The zero-order chi connectivity index (χ0) is 55.7. The van der Waals surface area contributed by atoms with Crippen molar-refractivity contribution < 1.29 is 28.6 Å². The largest absolute Gasteiger partial charge is 0.462 e. The molecule has 0 saturated heterocycles. The summed E-state index contributed by atoms with van der Waals surface area (Å²) in [5, 5.41) is 0. The van der Waals surface area contributed by atoms with Crippen molar-refractivity contribution in [2.24, 2.45) is 0 Å². The van der Waals surface area contributed by atoms with E-state index in [2.05, 4.69) is 93.7 Å². The van der Waals surface area contributed by atoms with Crippen molar-refractivity contribution in [3.05, 3.63) is 72.9 Å². The quantitative estimate of drug-likeness (QED) is 0.0261. The molecule has 0 aromatic carbocycles. The maximum Gasteiger partial charge on any atom is 0.306 e. The van der Waals surface area contributed by atoms with E-state index in [4.69, 9.17) is 14.2 Å². The maximum atomic E-state index is 12.9. The first kappa shape index (κ1) is 73.8. The van der Waals surface area contributed by atoms with E-state index in [1.165, 1.54) is 199 Å². The minimum Gasteiger partial charge on any atom is -0.462 e. The van der Waals surface area contributed by atoms with E-state index >= 15 is 0 Å². The van der Waals surface area contributed by atoms with E-state index in [-0.39, 0.29) is 31.1 Å². The zero-order valence-electron chi connectivity index (χ0n) is 51.2. The fraction of sp³-hybridized carbons (Fsp3) is 0.789. The third-order valence-electron chi connectivity index (χ3n) is 14.7. The highest BCUT2D eigenvalue weighted by Crippen LogP contribution is 2.17. The van der Waals surface area contributed by atoms with Crippen LogP contribution in [0.5, 0.6) is 0 Å². The fourth-order valence-corrected chi connectivity index (χ4v) is 9.70. The van der Waals surface area contributed by atoms with Gasteiger partial charge in [0.15, 0.2) is 6.10 Å². The average molecular weight is 1080 g/mol. The number of hydrogen-bond acceptors (Lipinski definition) is 6. The van der Waals surface area contributed by atoms with E-state index in [9.17, 15) is 14.4 Å². The Morgan fingerprint density at radius 2 is 0.506 bits per heavy atom. The van der Waals surface area contributed by atoms with Crippen LogP contribution in [0.1, 0.15) is 342 Å². The second-order valence-corrected chi connectivity index (χ2v) is 22.4. The van der Waals surface area contributed by atoms with Crippen molar-refractivity contribution in [2.45, 2.75) is 348 Å². The number of rotatable bonds is 61. The maximum absolute atomic E-state index is 12.9. The molecule has 0 aliphatic rings. The standard InChI is InChI=1S/C71H126O6/c1-4-7-10-13-16-19-22-25-28-30-32-33-34-35-36-37-39-40-43-46-49-52-55-58-61-64-70(73)76-67-68(66-75-69(72)63-60-57-54-51-48-45-42-27-24-21-18-15-12-9-6-3)77-71(74)65-62-59-56-53-50-47-44-41-38-31-29-26-23-20-17-14-11-8-5-2/h8,11,17,20,22,25-26,29-30,32,38,41,68H,4-7,9-10,12-16,18-19,21,23-24,27-28,31,33-37,39-40,42-67H2,1-3H3/b11-8-,20-17-,25-22-,29-26-,32-30-,41-38-. The van der Waals surface area contributed by atoms with Crippen LogP contribution < -0.4 is 0 Å². The Morgan fingerprint density at radius 1 is 0.273 bits per heavy atom. The van der Waals surface area contributed by atoms with Crippen LogP contribution in [0.2, 0.25) is 0 Å². The number of carbonyl (C=O) groups excluding carboxylic acids is 3. The van der Waals surface area contributed by atoms with Gasteiger partial charge in [-0.25, -0.2) is 0 Å². The summed E-state index contributed by atoms with van der Waals surface area (Å²) in [4.78, 5) is 38.4. The van der Waals surface area contributed by atoms with Gasteiger partial charge in [-0.2, -0.15) is 0 Å². The van der Waals surface area contributed by atoms with Crippen molar-refractivity contribution in [3.63, 3.8) is 0 Å². The minimum absolute atomic E-state index is 0.0779. The summed E-state index contributed by atoms with van der Waals surface area (Å²) >= 11 is 0. The molecule has 1 atom stereocenters. The molecule has 0 heterocycles. The molecule has 0 rings (SSSR count). The first-order chi connectivity index (χ1) is 38.0. The molecule has 0 bridgehead atoms. The Labute approximate surface area is 478 Å². The lowest BCUT2D eigenvalue weighted by molar-refractivity contribution is -0.167. The highest BCUT2D eigenvalue weighted by atomic mass is 16.6. The lowest BCUT2D eigenvalue weighted by Crippen LogP contribution is -2.30. The molecule has 0 N–H and O–H groups in total. The summed E-state index contributed by atoms with van der Waals surface area (Å²) in [5.41, 5.74) is 0. The molecular formula is C71H126O6. The molecular weight excluding hydrogens is 949 g/mol.